The van der Waals surface area contributed by atoms with Gasteiger partial charge in [-0.2, -0.15) is 0 Å². The van der Waals surface area contributed by atoms with Gasteiger partial charge in [-0.05, 0) is 64.7 Å². The standard InChI is InChI=1S/C22H27F2N3O3/c1-12-17-14(8-9-22(4,26-19(17)28)11-21(2,3)30)18(27(12)5)20(29)25-13-6-7-15(23)16(24)10-13/h6-7,10,30H,8-9,11H2,1-5H3,(H,25,29)(H,26,28). The van der Waals surface area contributed by atoms with E-state index in [0.29, 0.717) is 41.8 Å². The highest BCUT2D eigenvalue weighted by molar-refractivity contribution is 6.08. The third-order valence-electron chi connectivity index (χ3n) is 5.57. The number of carbonyl (C=O) groups excluding carboxylic acids is 2. The van der Waals surface area contributed by atoms with Crippen LogP contribution in [-0.4, -0.2) is 32.6 Å². The first kappa shape index (κ1) is 22.0. The highest BCUT2D eigenvalue weighted by Gasteiger charge is 2.38. The molecule has 0 spiro atoms. The Morgan fingerprint density at radius 3 is 2.60 bits per heavy atom. The second-order valence-corrected chi connectivity index (χ2v) is 8.93. The SMILES string of the molecule is Cc1c2c(c(C(=O)Nc3ccc(F)c(F)c3)n1C)CCC(C)(CC(C)(C)O)NC2=O. The Kier molecular flexibility index (Phi) is 5.49. The molecule has 6 nitrogen and oxygen atoms in total. The first-order valence-corrected chi connectivity index (χ1v) is 9.81. The summed E-state index contributed by atoms with van der Waals surface area (Å²) in [7, 11) is 1.69. The van der Waals surface area contributed by atoms with E-state index in [9.17, 15) is 23.5 Å². The van der Waals surface area contributed by atoms with Crippen molar-refractivity contribution in [3.8, 4) is 0 Å². The lowest BCUT2D eigenvalue weighted by Gasteiger charge is -2.34. The molecule has 1 unspecified atom stereocenters. The molecule has 1 aliphatic heterocycles. The lowest BCUT2D eigenvalue weighted by Crippen LogP contribution is -2.49. The number of amides is 2. The van der Waals surface area contributed by atoms with Gasteiger partial charge in [-0.3, -0.25) is 9.59 Å². The molecule has 3 rings (SSSR count). The number of hydrogen-bond donors (Lipinski definition) is 3. The van der Waals surface area contributed by atoms with Crippen molar-refractivity contribution in [2.45, 2.75) is 58.1 Å². The summed E-state index contributed by atoms with van der Waals surface area (Å²) in [6, 6.07) is 3.13. The molecular weight excluding hydrogens is 392 g/mol. The number of carbonyl (C=O) groups is 2. The van der Waals surface area contributed by atoms with Gasteiger partial charge in [0.25, 0.3) is 11.8 Å². The zero-order valence-electron chi connectivity index (χ0n) is 17.8. The van der Waals surface area contributed by atoms with Gasteiger partial charge in [0.1, 0.15) is 5.69 Å². The Bertz CT molecular complexity index is 1020. The number of nitrogens with one attached hydrogen (secondary N) is 2. The highest BCUT2D eigenvalue weighted by atomic mass is 19.2. The predicted molar refractivity (Wildman–Crippen MR) is 110 cm³/mol. The van der Waals surface area contributed by atoms with Gasteiger partial charge < -0.3 is 20.3 Å². The van der Waals surface area contributed by atoms with Gasteiger partial charge in [0, 0.05) is 30.0 Å². The van der Waals surface area contributed by atoms with Crippen LogP contribution in [0.2, 0.25) is 0 Å². The van der Waals surface area contributed by atoms with Gasteiger partial charge in [-0.15, -0.1) is 0 Å². The number of fused-ring (bicyclic) bond motifs is 1. The van der Waals surface area contributed by atoms with Gasteiger partial charge >= 0.3 is 0 Å². The molecule has 0 radical (unpaired) electrons. The number of halogens is 2. The van der Waals surface area contributed by atoms with Gasteiger partial charge in [-0.1, -0.05) is 0 Å². The monoisotopic (exact) mass is 419 g/mol. The Morgan fingerprint density at radius 2 is 2.00 bits per heavy atom. The summed E-state index contributed by atoms with van der Waals surface area (Å²) in [6.07, 6.45) is 1.34. The molecule has 0 aliphatic carbocycles. The first-order valence-electron chi connectivity index (χ1n) is 9.81. The van der Waals surface area contributed by atoms with Crippen LogP contribution in [-0.2, 0) is 13.5 Å². The second kappa shape index (κ2) is 7.50. The molecule has 1 aliphatic rings. The van der Waals surface area contributed by atoms with E-state index in [1.165, 1.54) is 6.07 Å². The average molecular weight is 419 g/mol. The van der Waals surface area contributed by atoms with Crippen molar-refractivity contribution in [1.82, 2.24) is 9.88 Å². The normalized spacial score (nSPS) is 19.1. The summed E-state index contributed by atoms with van der Waals surface area (Å²) in [6.45, 7) is 7.01. The van der Waals surface area contributed by atoms with Crippen molar-refractivity contribution >= 4 is 17.5 Å². The van der Waals surface area contributed by atoms with Crippen LogP contribution in [0.5, 0.6) is 0 Å². The van der Waals surface area contributed by atoms with Gasteiger partial charge in [0.2, 0.25) is 0 Å². The van der Waals surface area contributed by atoms with Crippen molar-refractivity contribution in [2.75, 3.05) is 5.32 Å². The van der Waals surface area contributed by atoms with Crippen molar-refractivity contribution in [1.29, 1.82) is 0 Å². The van der Waals surface area contributed by atoms with Gasteiger partial charge in [-0.25, -0.2) is 8.78 Å². The highest BCUT2D eigenvalue weighted by Crippen LogP contribution is 2.33. The Hall–Kier alpha value is -2.74. The summed E-state index contributed by atoms with van der Waals surface area (Å²) < 4.78 is 28.3. The van der Waals surface area contributed by atoms with Crippen LogP contribution < -0.4 is 10.6 Å². The van der Waals surface area contributed by atoms with Crippen molar-refractivity contribution in [3.05, 3.63) is 52.3 Å². The number of anilines is 1. The van der Waals surface area contributed by atoms with Crippen LogP contribution in [0.3, 0.4) is 0 Å². The van der Waals surface area contributed by atoms with E-state index in [1.54, 1.807) is 32.4 Å². The zero-order valence-corrected chi connectivity index (χ0v) is 17.8. The minimum absolute atomic E-state index is 0.122. The molecule has 0 bridgehead atoms. The molecule has 1 aromatic heterocycles. The quantitative estimate of drug-likeness (QED) is 0.710. The Labute approximate surface area is 174 Å². The molecule has 2 heterocycles. The fraction of sp³-hybridized carbons (Fsp3) is 0.455. The van der Waals surface area contributed by atoms with Crippen LogP contribution in [0.15, 0.2) is 18.2 Å². The number of aliphatic hydroxyl groups is 1. The van der Waals surface area contributed by atoms with Crippen LogP contribution >= 0.6 is 0 Å². The number of aromatic nitrogens is 1. The lowest BCUT2D eigenvalue weighted by molar-refractivity contribution is 0.0376. The summed E-state index contributed by atoms with van der Waals surface area (Å²) >= 11 is 0. The summed E-state index contributed by atoms with van der Waals surface area (Å²) in [4.78, 5) is 26.0. The summed E-state index contributed by atoms with van der Waals surface area (Å²) in [5.41, 5.74) is 0.486. The topological polar surface area (TPSA) is 83.4 Å². The summed E-state index contributed by atoms with van der Waals surface area (Å²) in [5, 5.41) is 15.9. The molecule has 30 heavy (non-hydrogen) atoms. The maximum atomic E-state index is 13.5. The lowest BCUT2D eigenvalue weighted by atomic mass is 9.84. The van der Waals surface area contributed by atoms with E-state index in [0.717, 1.165) is 12.1 Å². The molecule has 0 saturated carbocycles. The third-order valence-corrected chi connectivity index (χ3v) is 5.57. The molecule has 2 amide bonds. The number of hydrogen-bond acceptors (Lipinski definition) is 3. The van der Waals surface area contributed by atoms with Crippen molar-refractivity contribution in [3.63, 3.8) is 0 Å². The van der Waals surface area contributed by atoms with Gasteiger partial charge in [0.15, 0.2) is 11.6 Å². The Balaban J connectivity index is 1.96. The minimum Gasteiger partial charge on any atom is -0.390 e. The molecule has 0 fully saturated rings. The minimum atomic E-state index is -1.06. The van der Waals surface area contributed by atoms with E-state index < -0.39 is 28.7 Å². The molecule has 162 valence electrons. The summed E-state index contributed by atoms with van der Waals surface area (Å²) in [5.74, 6) is -2.86. The van der Waals surface area contributed by atoms with Crippen molar-refractivity contribution in [2.24, 2.45) is 7.05 Å². The molecular formula is C22H27F2N3O3. The van der Waals surface area contributed by atoms with E-state index in [4.69, 9.17) is 0 Å². The number of nitrogens with zero attached hydrogens (tertiary/aromatic N) is 1. The van der Waals surface area contributed by atoms with Crippen LogP contribution in [0, 0.1) is 18.6 Å². The van der Waals surface area contributed by atoms with Crippen LogP contribution in [0.4, 0.5) is 14.5 Å². The predicted octanol–water partition coefficient (Wildman–Crippen LogP) is 3.46. The first-order chi connectivity index (χ1) is 13.8. The average Bonchev–Trinajstić information content (AvgIpc) is 2.77. The number of rotatable bonds is 4. The van der Waals surface area contributed by atoms with E-state index in [2.05, 4.69) is 10.6 Å². The van der Waals surface area contributed by atoms with Crippen molar-refractivity contribution < 1.29 is 23.5 Å². The maximum absolute atomic E-state index is 13.5. The largest absolute Gasteiger partial charge is 0.390 e. The van der Waals surface area contributed by atoms with Crippen LogP contribution in [0.25, 0.3) is 0 Å². The van der Waals surface area contributed by atoms with E-state index >= 15 is 0 Å². The molecule has 8 heteroatoms. The zero-order chi connectivity index (χ0) is 22.4. The fourth-order valence-electron chi connectivity index (χ4n) is 4.36. The molecule has 1 atom stereocenters. The smallest absolute Gasteiger partial charge is 0.272 e. The second-order valence-electron chi connectivity index (χ2n) is 8.93. The Morgan fingerprint density at radius 1 is 1.33 bits per heavy atom. The molecule has 1 aromatic carbocycles. The van der Waals surface area contributed by atoms with Gasteiger partial charge in [0.05, 0.1) is 11.2 Å². The van der Waals surface area contributed by atoms with Crippen LogP contribution in [0.1, 0.15) is 65.7 Å². The number of benzene rings is 1. The molecule has 2 aromatic rings. The molecule has 0 saturated heterocycles. The fourth-order valence-corrected chi connectivity index (χ4v) is 4.36. The molecule has 3 N–H and O–H groups in total. The van der Waals surface area contributed by atoms with E-state index in [-0.39, 0.29) is 11.6 Å². The maximum Gasteiger partial charge on any atom is 0.272 e. The third kappa shape index (κ3) is 4.23. The van der Waals surface area contributed by atoms with E-state index in [1.807, 2.05) is 6.92 Å².